The second-order valence-electron chi connectivity index (χ2n) is 7.59. The van der Waals surface area contributed by atoms with Crippen molar-refractivity contribution in [1.82, 2.24) is 4.90 Å². The Hall–Kier alpha value is -3.31. The summed E-state index contributed by atoms with van der Waals surface area (Å²) in [6.45, 7) is 2.96. The van der Waals surface area contributed by atoms with Gasteiger partial charge in [-0.1, -0.05) is 41.9 Å². The molecule has 2 amide bonds. The molecule has 0 radical (unpaired) electrons. The first-order chi connectivity index (χ1) is 15.0. The van der Waals surface area contributed by atoms with Crippen molar-refractivity contribution >= 4 is 29.1 Å². The third-order valence-electron chi connectivity index (χ3n) is 5.23. The van der Waals surface area contributed by atoms with Gasteiger partial charge in [-0.2, -0.15) is 0 Å². The van der Waals surface area contributed by atoms with Crippen LogP contribution in [0.4, 0.5) is 5.69 Å². The van der Waals surface area contributed by atoms with Crippen LogP contribution in [0.1, 0.15) is 27.0 Å². The van der Waals surface area contributed by atoms with E-state index in [0.717, 1.165) is 22.4 Å². The standard InChI is InChI=1S/C25H23ClN2O3/c1-17-4-2-5-20(14-17)27-24(29)16-31-23-7-3-6-22-21(23)12-13-28(25(22)30)15-18-8-10-19(26)11-9-18/h2-11,14H,12-13,15-16H2,1H3,(H,27,29). The molecule has 1 N–H and O–H groups in total. The van der Waals surface area contributed by atoms with Crippen molar-refractivity contribution in [1.29, 1.82) is 0 Å². The first-order valence-electron chi connectivity index (χ1n) is 10.1. The van der Waals surface area contributed by atoms with Gasteiger partial charge in [-0.25, -0.2) is 0 Å². The number of nitrogens with one attached hydrogen (secondary N) is 1. The fraction of sp³-hybridized carbons (Fsp3) is 0.200. The minimum absolute atomic E-state index is 0.0362. The van der Waals surface area contributed by atoms with Crippen molar-refractivity contribution in [2.45, 2.75) is 19.9 Å². The SMILES string of the molecule is Cc1cccc(NC(=O)COc2cccc3c2CCN(Cc2ccc(Cl)cc2)C3=O)c1. The molecule has 1 heterocycles. The average Bonchev–Trinajstić information content (AvgIpc) is 2.76. The van der Waals surface area contributed by atoms with Gasteiger partial charge in [-0.05, 0) is 60.9 Å². The van der Waals surface area contributed by atoms with Gasteiger partial charge in [0.25, 0.3) is 11.8 Å². The number of hydrogen-bond acceptors (Lipinski definition) is 3. The van der Waals surface area contributed by atoms with Crippen LogP contribution in [-0.4, -0.2) is 29.9 Å². The number of carbonyl (C=O) groups excluding carboxylic acids is 2. The summed E-state index contributed by atoms with van der Waals surface area (Å²) in [6.07, 6.45) is 0.671. The Morgan fingerprint density at radius 2 is 1.87 bits per heavy atom. The highest BCUT2D eigenvalue weighted by molar-refractivity contribution is 6.30. The summed E-state index contributed by atoms with van der Waals surface area (Å²) in [5, 5.41) is 3.51. The Bertz CT molecular complexity index is 1110. The number of halogens is 1. The van der Waals surface area contributed by atoms with Crippen molar-refractivity contribution < 1.29 is 14.3 Å². The zero-order chi connectivity index (χ0) is 21.8. The van der Waals surface area contributed by atoms with Gasteiger partial charge in [0.15, 0.2) is 6.61 Å². The Kier molecular flexibility index (Phi) is 6.23. The van der Waals surface area contributed by atoms with Gasteiger partial charge in [0.1, 0.15) is 5.75 Å². The molecule has 1 aliphatic rings. The van der Waals surface area contributed by atoms with E-state index >= 15 is 0 Å². The molecule has 3 aromatic rings. The third kappa shape index (κ3) is 5.06. The molecular formula is C25H23ClN2O3. The predicted molar refractivity (Wildman–Crippen MR) is 122 cm³/mol. The van der Waals surface area contributed by atoms with Gasteiger partial charge < -0.3 is 15.0 Å². The van der Waals surface area contributed by atoms with Gasteiger partial charge in [0.05, 0.1) is 0 Å². The number of amides is 2. The second kappa shape index (κ2) is 9.23. The summed E-state index contributed by atoms with van der Waals surface area (Å²) >= 11 is 5.95. The van der Waals surface area contributed by atoms with Crippen molar-refractivity contribution in [2.24, 2.45) is 0 Å². The number of hydrogen-bond donors (Lipinski definition) is 1. The number of rotatable bonds is 6. The first-order valence-corrected chi connectivity index (χ1v) is 10.5. The van der Waals surface area contributed by atoms with Gasteiger partial charge >= 0.3 is 0 Å². The summed E-state index contributed by atoms with van der Waals surface area (Å²) in [6, 6.07) is 20.5. The van der Waals surface area contributed by atoms with Crippen molar-refractivity contribution in [3.63, 3.8) is 0 Å². The van der Waals surface area contributed by atoms with E-state index in [2.05, 4.69) is 5.32 Å². The number of anilines is 1. The lowest BCUT2D eigenvalue weighted by molar-refractivity contribution is -0.118. The summed E-state index contributed by atoms with van der Waals surface area (Å²) < 4.78 is 5.79. The monoisotopic (exact) mass is 434 g/mol. The van der Waals surface area contributed by atoms with Crippen molar-refractivity contribution in [3.8, 4) is 5.75 Å². The molecule has 0 aromatic heterocycles. The summed E-state index contributed by atoms with van der Waals surface area (Å²) in [7, 11) is 0. The average molecular weight is 435 g/mol. The zero-order valence-electron chi connectivity index (χ0n) is 17.2. The lowest BCUT2D eigenvalue weighted by Crippen LogP contribution is -2.37. The minimum atomic E-state index is -0.241. The first kappa shape index (κ1) is 20.9. The normalized spacial score (nSPS) is 13.0. The van der Waals surface area contributed by atoms with Crippen LogP contribution in [0, 0.1) is 6.92 Å². The summed E-state index contributed by atoms with van der Waals surface area (Å²) in [5.74, 6) is 0.303. The molecule has 0 spiro atoms. The fourth-order valence-electron chi connectivity index (χ4n) is 3.70. The molecule has 31 heavy (non-hydrogen) atoms. The molecule has 4 rings (SSSR count). The number of fused-ring (bicyclic) bond motifs is 1. The number of nitrogens with zero attached hydrogens (tertiary/aromatic N) is 1. The van der Waals surface area contributed by atoms with Crippen LogP contribution >= 0.6 is 11.6 Å². The van der Waals surface area contributed by atoms with Crippen molar-refractivity contribution in [2.75, 3.05) is 18.5 Å². The van der Waals surface area contributed by atoms with Crippen LogP contribution in [0.15, 0.2) is 66.7 Å². The highest BCUT2D eigenvalue weighted by Gasteiger charge is 2.26. The predicted octanol–water partition coefficient (Wildman–Crippen LogP) is 4.86. The van der Waals surface area contributed by atoms with Crippen LogP contribution in [0.25, 0.3) is 0 Å². The van der Waals surface area contributed by atoms with Crippen molar-refractivity contribution in [3.05, 3.63) is 94.0 Å². The van der Waals surface area contributed by atoms with Crippen LogP contribution in [0.5, 0.6) is 5.75 Å². The molecule has 6 heteroatoms. The smallest absolute Gasteiger partial charge is 0.262 e. The molecule has 0 atom stereocenters. The van der Waals surface area contributed by atoms with Gasteiger partial charge in [0.2, 0.25) is 0 Å². The van der Waals surface area contributed by atoms with E-state index in [1.807, 2.05) is 66.4 Å². The minimum Gasteiger partial charge on any atom is -0.483 e. The Morgan fingerprint density at radius 1 is 1.10 bits per heavy atom. The van der Waals surface area contributed by atoms with E-state index in [0.29, 0.717) is 35.8 Å². The topological polar surface area (TPSA) is 58.6 Å². The second-order valence-corrected chi connectivity index (χ2v) is 8.03. The molecule has 0 unspecified atom stereocenters. The fourth-order valence-corrected chi connectivity index (χ4v) is 3.83. The van der Waals surface area contributed by atoms with E-state index in [4.69, 9.17) is 16.3 Å². The molecule has 3 aromatic carbocycles. The largest absolute Gasteiger partial charge is 0.483 e. The van der Waals surface area contributed by atoms with E-state index in [9.17, 15) is 9.59 Å². The molecule has 0 bridgehead atoms. The Morgan fingerprint density at radius 3 is 2.65 bits per heavy atom. The quantitative estimate of drug-likeness (QED) is 0.602. The Balaban J connectivity index is 1.41. The molecular weight excluding hydrogens is 412 g/mol. The summed E-state index contributed by atoms with van der Waals surface area (Å²) in [4.78, 5) is 27.1. The zero-order valence-corrected chi connectivity index (χ0v) is 18.0. The van der Waals surface area contributed by atoms with Gasteiger partial charge in [-0.15, -0.1) is 0 Å². The molecule has 0 saturated heterocycles. The molecule has 1 aliphatic heterocycles. The number of ether oxygens (including phenoxy) is 1. The number of aryl methyl sites for hydroxylation is 1. The molecule has 0 aliphatic carbocycles. The highest BCUT2D eigenvalue weighted by atomic mass is 35.5. The van der Waals surface area contributed by atoms with E-state index < -0.39 is 0 Å². The maximum Gasteiger partial charge on any atom is 0.262 e. The number of benzene rings is 3. The van der Waals surface area contributed by atoms with E-state index in [1.54, 1.807) is 12.1 Å². The van der Waals surface area contributed by atoms with E-state index in [-0.39, 0.29) is 18.4 Å². The van der Waals surface area contributed by atoms with Gasteiger partial charge in [0, 0.05) is 34.9 Å². The Labute approximate surface area is 186 Å². The number of carbonyl (C=O) groups is 2. The van der Waals surface area contributed by atoms with E-state index in [1.165, 1.54) is 0 Å². The molecule has 0 saturated carbocycles. The third-order valence-corrected chi connectivity index (χ3v) is 5.48. The molecule has 0 fully saturated rings. The summed E-state index contributed by atoms with van der Waals surface area (Å²) in [5.41, 5.74) is 4.30. The maximum atomic E-state index is 13.0. The maximum absolute atomic E-state index is 13.0. The van der Waals surface area contributed by atoms with Gasteiger partial charge in [-0.3, -0.25) is 9.59 Å². The lowest BCUT2D eigenvalue weighted by Gasteiger charge is -2.29. The highest BCUT2D eigenvalue weighted by Crippen LogP contribution is 2.29. The molecule has 158 valence electrons. The van der Waals surface area contributed by atoms with Crippen LogP contribution in [0.2, 0.25) is 5.02 Å². The molecule has 5 nitrogen and oxygen atoms in total. The lowest BCUT2D eigenvalue weighted by atomic mass is 9.97. The van der Waals surface area contributed by atoms with Crippen LogP contribution < -0.4 is 10.1 Å². The van der Waals surface area contributed by atoms with Crippen LogP contribution in [0.3, 0.4) is 0 Å². The van der Waals surface area contributed by atoms with Crippen LogP contribution in [-0.2, 0) is 17.8 Å².